The molecule has 1 N–H and O–H groups in total. The molecular formula is C30H31NO5. The molecule has 0 aromatic heterocycles. The summed E-state index contributed by atoms with van der Waals surface area (Å²) in [6.45, 7) is 6.46. The van der Waals surface area contributed by atoms with Crippen LogP contribution in [0.5, 0.6) is 11.5 Å². The number of aliphatic hydroxyl groups is 1. The third-order valence-corrected chi connectivity index (χ3v) is 6.48. The van der Waals surface area contributed by atoms with Gasteiger partial charge in [-0.3, -0.25) is 9.59 Å². The maximum Gasteiger partial charge on any atom is 0.295 e. The molecule has 1 heterocycles. The van der Waals surface area contributed by atoms with Crippen molar-refractivity contribution < 1.29 is 24.2 Å². The summed E-state index contributed by atoms with van der Waals surface area (Å²) in [4.78, 5) is 28.2. The van der Waals surface area contributed by atoms with Crippen LogP contribution in [0.2, 0.25) is 0 Å². The highest BCUT2D eigenvalue weighted by Crippen LogP contribution is 2.42. The van der Waals surface area contributed by atoms with Crippen molar-refractivity contribution in [3.63, 3.8) is 0 Å². The van der Waals surface area contributed by atoms with Gasteiger partial charge in [0, 0.05) is 12.1 Å². The Morgan fingerprint density at radius 3 is 2.42 bits per heavy atom. The first-order valence-electron chi connectivity index (χ1n) is 12.1. The van der Waals surface area contributed by atoms with Crippen LogP contribution in [-0.2, 0) is 16.0 Å². The number of rotatable bonds is 8. The second-order valence-electron chi connectivity index (χ2n) is 8.89. The largest absolute Gasteiger partial charge is 0.507 e. The number of benzene rings is 3. The van der Waals surface area contributed by atoms with E-state index in [1.165, 1.54) is 0 Å². The summed E-state index contributed by atoms with van der Waals surface area (Å²) in [6, 6.07) is 20.1. The third kappa shape index (κ3) is 4.85. The quantitative estimate of drug-likeness (QED) is 0.264. The smallest absolute Gasteiger partial charge is 0.295 e. The van der Waals surface area contributed by atoms with Crippen LogP contribution in [0.15, 0.2) is 72.3 Å². The SMILES string of the molecule is CCOc1ccc(C2/C(=C(\O)c3cc(C)ccc3C)C(=O)C(=O)N2CCc2ccccc2)cc1OC. The summed E-state index contributed by atoms with van der Waals surface area (Å²) in [5.74, 6) is -0.432. The molecule has 1 unspecified atom stereocenters. The van der Waals surface area contributed by atoms with Crippen LogP contribution in [0.3, 0.4) is 0 Å². The Morgan fingerprint density at radius 2 is 1.72 bits per heavy atom. The van der Waals surface area contributed by atoms with Crippen molar-refractivity contribution in [2.75, 3.05) is 20.3 Å². The Balaban J connectivity index is 1.85. The number of carbonyl (C=O) groups is 2. The second-order valence-corrected chi connectivity index (χ2v) is 8.89. The van der Waals surface area contributed by atoms with Crippen molar-refractivity contribution in [3.05, 3.63) is 100 Å². The molecule has 1 atom stereocenters. The van der Waals surface area contributed by atoms with Crippen LogP contribution in [0.25, 0.3) is 5.76 Å². The lowest BCUT2D eigenvalue weighted by Crippen LogP contribution is -2.31. The van der Waals surface area contributed by atoms with Gasteiger partial charge in [-0.15, -0.1) is 0 Å². The Hall–Kier alpha value is -4.06. The van der Waals surface area contributed by atoms with Crippen LogP contribution in [-0.4, -0.2) is 42.0 Å². The van der Waals surface area contributed by atoms with Crippen LogP contribution >= 0.6 is 0 Å². The Kier molecular flexibility index (Phi) is 7.44. The van der Waals surface area contributed by atoms with E-state index in [1.54, 1.807) is 24.1 Å². The number of aryl methyl sites for hydroxylation is 2. The summed E-state index contributed by atoms with van der Waals surface area (Å²) in [7, 11) is 1.55. The molecule has 1 fully saturated rings. The highest BCUT2D eigenvalue weighted by Gasteiger charge is 2.46. The predicted octanol–water partition coefficient (Wildman–Crippen LogP) is 5.38. The fraction of sp³-hybridized carbons (Fsp3) is 0.267. The average Bonchev–Trinajstić information content (AvgIpc) is 3.14. The van der Waals surface area contributed by atoms with Gasteiger partial charge in [-0.05, 0) is 62.1 Å². The van der Waals surface area contributed by atoms with E-state index in [1.807, 2.05) is 75.4 Å². The van der Waals surface area contributed by atoms with Gasteiger partial charge in [-0.25, -0.2) is 0 Å². The van der Waals surface area contributed by atoms with Crippen molar-refractivity contribution in [1.82, 2.24) is 4.90 Å². The molecule has 3 aromatic carbocycles. The zero-order valence-corrected chi connectivity index (χ0v) is 21.1. The van der Waals surface area contributed by atoms with Gasteiger partial charge in [0.25, 0.3) is 11.7 Å². The first-order chi connectivity index (χ1) is 17.3. The molecule has 4 rings (SSSR count). The van der Waals surface area contributed by atoms with E-state index in [4.69, 9.17) is 9.47 Å². The molecule has 186 valence electrons. The van der Waals surface area contributed by atoms with Crippen molar-refractivity contribution in [2.45, 2.75) is 33.2 Å². The second kappa shape index (κ2) is 10.7. The van der Waals surface area contributed by atoms with E-state index < -0.39 is 17.7 Å². The number of nitrogens with zero attached hydrogens (tertiary/aromatic N) is 1. The number of ether oxygens (including phenoxy) is 2. The van der Waals surface area contributed by atoms with Crippen LogP contribution < -0.4 is 9.47 Å². The summed E-state index contributed by atoms with van der Waals surface area (Å²) in [5.41, 5.74) is 4.09. The highest BCUT2D eigenvalue weighted by atomic mass is 16.5. The zero-order chi connectivity index (χ0) is 25.8. The van der Waals surface area contributed by atoms with Gasteiger partial charge in [0.1, 0.15) is 5.76 Å². The third-order valence-electron chi connectivity index (χ3n) is 6.48. The van der Waals surface area contributed by atoms with Gasteiger partial charge >= 0.3 is 0 Å². The molecule has 6 nitrogen and oxygen atoms in total. The minimum Gasteiger partial charge on any atom is -0.507 e. The maximum absolute atomic E-state index is 13.4. The van der Waals surface area contributed by atoms with Crippen molar-refractivity contribution in [1.29, 1.82) is 0 Å². The Bertz CT molecular complexity index is 1310. The number of hydrogen-bond donors (Lipinski definition) is 1. The lowest BCUT2D eigenvalue weighted by molar-refractivity contribution is -0.139. The molecule has 36 heavy (non-hydrogen) atoms. The summed E-state index contributed by atoms with van der Waals surface area (Å²) in [5, 5.41) is 11.4. The monoisotopic (exact) mass is 485 g/mol. The molecule has 1 amide bonds. The van der Waals surface area contributed by atoms with E-state index >= 15 is 0 Å². The normalized spacial score (nSPS) is 16.9. The van der Waals surface area contributed by atoms with Gasteiger partial charge < -0.3 is 19.5 Å². The molecule has 0 radical (unpaired) electrons. The number of methoxy groups -OCH3 is 1. The summed E-state index contributed by atoms with van der Waals surface area (Å²) < 4.78 is 11.2. The molecule has 0 bridgehead atoms. The minimum absolute atomic E-state index is 0.0768. The van der Waals surface area contributed by atoms with Gasteiger partial charge in [0.15, 0.2) is 11.5 Å². The van der Waals surface area contributed by atoms with Crippen LogP contribution in [0, 0.1) is 13.8 Å². The van der Waals surface area contributed by atoms with Gasteiger partial charge in [0.05, 0.1) is 25.3 Å². The van der Waals surface area contributed by atoms with E-state index in [0.29, 0.717) is 42.2 Å². The number of ketones is 1. The zero-order valence-electron chi connectivity index (χ0n) is 21.1. The standard InChI is InChI=1S/C30H31NO5/c1-5-36-24-14-13-22(18-25(24)35-4)27-26(28(32)23-17-19(2)11-12-20(23)3)29(33)30(34)31(27)16-15-21-9-7-6-8-10-21/h6-14,17-18,27,32H,5,15-16H2,1-4H3/b28-26+. The molecule has 1 aliphatic rings. The number of aliphatic hydroxyl groups excluding tert-OH is 1. The van der Waals surface area contributed by atoms with E-state index in [-0.39, 0.29) is 11.3 Å². The molecule has 1 aliphatic heterocycles. The lowest BCUT2D eigenvalue weighted by atomic mass is 9.93. The molecule has 0 spiro atoms. The molecule has 6 heteroatoms. The summed E-state index contributed by atoms with van der Waals surface area (Å²) >= 11 is 0. The molecule has 3 aromatic rings. The van der Waals surface area contributed by atoms with E-state index in [0.717, 1.165) is 16.7 Å². The van der Waals surface area contributed by atoms with Crippen LogP contribution in [0.4, 0.5) is 0 Å². The number of carbonyl (C=O) groups excluding carboxylic acids is 2. The Morgan fingerprint density at radius 1 is 0.972 bits per heavy atom. The number of amides is 1. The van der Waals surface area contributed by atoms with Gasteiger partial charge in [-0.1, -0.05) is 54.1 Å². The average molecular weight is 486 g/mol. The number of likely N-dealkylation sites (tertiary alicyclic amines) is 1. The first-order valence-corrected chi connectivity index (χ1v) is 12.1. The minimum atomic E-state index is -0.766. The lowest BCUT2D eigenvalue weighted by Gasteiger charge is -2.26. The summed E-state index contributed by atoms with van der Waals surface area (Å²) in [6.07, 6.45) is 0.571. The number of Topliss-reactive ketones (excluding diaryl/α,β-unsaturated/α-hetero) is 1. The van der Waals surface area contributed by atoms with E-state index in [2.05, 4.69) is 0 Å². The molecule has 0 aliphatic carbocycles. The number of hydrogen-bond acceptors (Lipinski definition) is 5. The van der Waals surface area contributed by atoms with Gasteiger partial charge in [-0.2, -0.15) is 0 Å². The first kappa shape index (κ1) is 25.0. The van der Waals surface area contributed by atoms with Gasteiger partial charge in [0.2, 0.25) is 0 Å². The predicted molar refractivity (Wildman–Crippen MR) is 139 cm³/mol. The fourth-order valence-electron chi connectivity index (χ4n) is 4.62. The molecule has 1 saturated heterocycles. The maximum atomic E-state index is 13.4. The van der Waals surface area contributed by atoms with Crippen molar-refractivity contribution in [3.8, 4) is 11.5 Å². The Labute approximate surface area is 211 Å². The molecule has 0 saturated carbocycles. The van der Waals surface area contributed by atoms with Crippen molar-refractivity contribution >= 4 is 17.4 Å². The van der Waals surface area contributed by atoms with Crippen LogP contribution in [0.1, 0.15) is 40.8 Å². The van der Waals surface area contributed by atoms with Crippen molar-refractivity contribution in [2.24, 2.45) is 0 Å². The van der Waals surface area contributed by atoms with E-state index in [9.17, 15) is 14.7 Å². The molecular weight excluding hydrogens is 454 g/mol. The fourth-order valence-corrected chi connectivity index (χ4v) is 4.62. The topological polar surface area (TPSA) is 76.1 Å². The highest BCUT2D eigenvalue weighted by molar-refractivity contribution is 6.46.